The Balaban J connectivity index is 2.22. The molecule has 2 aromatic carbocycles. The fourth-order valence-electron chi connectivity index (χ4n) is 2.21. The Bertz CT molecular complexity index is 846. The molecule has 0 radical (unpaired) electrons. The minimum absolute atomic E-state index is 0.0619. The average molecular weight is 362 g/mol. The topological polar surface area (TPSA) is 84.5 Å². The van der Waals surface area contributed by atoms with Crippen LogP contribution in [0.2, 0.25) is 0 Å². The molecule has 0 unspecified atom stereocenters. The Morgan fingerprint density at radius 3 is 2.40 bits per heavy atom. The standard InChI is InChI=1S/C18H22N2O4S/c1-4-24-18-10-9-16(11-17(18)20-14(3)21)25(22,23)19-12-15-7-5-13(2)6-8-15/h5-11,19H,4,12H2,1-3H3,(H,20,21). The van der Waals surface area contributed by atoms with Gasteiger partial charge in [-0.1, -0.05) is 29.8 Å². The number of anilines is 1. The van der Waals surface area contributed by atoms with Crippen LogP contribution in [0.25, 0.3) is 0 Å². The van der Waals surface area contributed by atoms with Crippen LogP contribution in [0.1, 0.15) is 25.0 Å². The smallest absolute Gasteiger partial charge is 0.240 e. The fraction of sp³-hybridized carbons (Fsp3) is 0.278. The van der Waals surface area contributed by atoms with Gasteiger partial charge in [-0.05, 0) is 37.6 Å². The number of hydrogen-bond donors (Lipinski definition) is 2. The van der Waals surface area contributed by atoms with Gasteiger partial charge >= 0.3 is 0 Å². The highest BCUT2D eigenvalue weighted by atomic mass is 32.2. The molecule has 0 saturated carbocycles. The Hall–Kier alpha value is -2.38. The molecule has 7 heteroatoms. The Labute approximate surface area is 148 Å². The second-order valence-electron chi connectivity index (χ2n) is 5.58. The third kappa shape index (κ3) is 5.30. The van der Waals surface area contributed by atoms with Crippen LogP contribution in [0.3, 0.4) is 0 Å². The molecule has 1 amide bonds. The minimum atomic E-state index is -3.72. The van der Waals surface area contributed by atoms with Crippen LogP contribution in [0.15, 0.2) is 47.4 Å². The maximum Gasteiger partial charge on any atom is 0.240 e. The summed E-state index contributed by atoms with van der Waals surface area (Å²) < 4.78 is 33.0. The Kier molecular flexibility index (Phi) is 6.17. The van der Waals surface area contributed by atoms with Gasteiger partial charge in [-0.15, -0.1) is 0 Å². The number of hydrogen-bond acceptors (Lipinski definition) is 4. The van der Waals surface area contributed by atoms with E-state index >= 15 is 0 Å². The predicted octanol–water partition coefficient (Wildman–Crippen LogP) is 2.83. The van der Waals surface area contributed by atoms with E-state index in [1.54, 1.807) is 0 Å². The number of benzene rings is 2. The number of ether oxygens (including phenoxy) is 1. The van der Waals surface area contributed by atoms with Gasteiger partial charge in [0.05, 0.1) is 17.2 Å². The second kappa shape index (κ2) is 8.13. The minimum Gasteiger partial charge on any atom is -0.492 e. The van der Waals surface area contributed by atoms with Gasteiger partial charge in [0.25, 0.3) is 0 Å². The first-order valence-corrected chi connectivity index (χ1v) is 9.40. The van der Waals surface area contributed by atoms with E-state index in [1.807, 2.05) is 38.1 Å². The lowest BCUT2D eigenvalue weighted by molar-refractivity contribution is -0.114. The maximum absolute atomic E-state index is 12.5. The summed E-state index contributed by atoms with van der Waals surface area (Å²) in [5.41, 5.74) is 2.30. The van der Waals surface area contributed by atoms with E-state index in [1.165, 1.54) is 25.1 Å². The average Bonchev–Trinajstić information content (AvgIpc) is 2.55. The van der Waals surface area contributed by atoms with Gasteiger partial charge in [0, 0.05) is 13.5 Å². The summed E-state index contributed by atoms with van der Waals surface area (Å²) in [5.74, 6) is 0.123. The monoisotopic (exact) mass is 362 g/mol. The zero-order valence-corrected chi connectivity index (χ0v) is 15.3. The first-order chi connectivity index (χ1) is 11.8. The molecule has 0 heterocycles. The van der Waals surface area contributed by atoms with Crippen LogP contribution in [0.5, 0.6) is 5.75 Å². The molecular formula is C18H22N2O4S. The number of aryl methyl sites for hydroxylation is 1. The molecule has 6 nitrogen and oxygen atoms in total. The third-order valence-electron chi connectivity index (χ3n) is 3.46. The molecule has 0 fully saturated rings. The molecular weight excluding hydrogens is 340 g/mol. The van der Waals surface area contributed by atoms with Gasteiger partial charge in [-0.3, -0.25) is 4.79 Å². The molecule has 2 aromatic rings. The number of nitrogens with one attached hydrogen (secondary N) is 2. The second-order valence-corrected chi connectivity index (χ2v) is 7.35. The third-order valence-corrected chi connectivity index (χ3v) is 4.86. The first-order valence-electron chi connectivity index (χ1n) is 7.91. The SMILES string of the molecule is CCOc1ccc(S(=O)(=O)NCc2ccc(C)cc2)cc1NC(C)=O. The van der Waals surface area contributed by atoms with Crippen LogP contribution in [0.4, 0.5) is 5.69 Å². The van der Waals surface area contributed by atoms with Crippen molar-refractivity contribution in [1.82, 2.24) is 4.72 Å². The molecule has 134 valence electrons. The Morgan fingerprint density at radius 1 is 1.12 bits per heavy atom. The summed E-state index contributed by atoms with van der Waals surface area (Å²) in [4.78, 5) is 11.4. The quantitative estimate of drug-likeness (QED) is 0.793. The number of sulfonamides is 1. The van der Waals surface area contributed by atoms with E-state index in [9.17, 15) is 13.2 Å². The highest BCUT2D eigenvalue weighted by Crippen LogP contribution is 2.28. The molecule has 2 rings (SSSR count). The first kappa shape index (κ1) is 19.0. The zero-order chi connectivity index (χ0) is 18.4. The molecule has 0 bridgehead atoms. The molecule has 0 aliphatic rings. The van der Waals surface area contributed by atoms with Crippen molar-refractivity contribution >= 4 is 21.6 Å². The van der Waals surface area contributed by atoms with Gasteiger partial charge in [-0.2, -0.15) is 0 Å². The van der Waals surface area contributed by atoms with Crippen molar-refractivity contribution in [2.75, 3.05) is 11.9 Å². The van der Waals surface area contributed by atoms with E-state index in [0.29, 0.717) is 18.0 Å². The maximum atomic E-state index is 12.5. The van der Waals surface area contributed by atoms with Crippen LogP contribution >= 0.6 is 0 Å². The van der Waals surface area contributed by atoms with Crippen LogP contribution < -0.4 is 14.8 Å². The van der Waals surface area contributed by atoms with E-state index < -0.39 is 10.0 Å². The van der Waals surface area contributed by atoms with Crippen molar-refractivity contribution in [3.05, 3.63) is 53.6 Å². The fourth-order valence-corrected chi connectivity index (χ4v) is 3.26. The van der Waals surface area contributed by atoms with Crippen molar-refractivity contribution < 1.29 is 17.9 Å². The molecule has 0 aromatic heterocycles. The van der Waals surface area contributed by atoms with Crippen molar-refractivity contribution in [2.24, 2.45) is 0 Å². The Morgan fingerprint density at radius 2 is 1.80 bits per heavy atom. The summed E-state index contributed by atoms with van der Waals surface area (Å²) in [6.07, 6.45) is 0. The molecule has 0 spiro atoms. The van der Waals surface area contributed by atoms with E-state index in [-0.39, 0.29) is 17.3 Å². The van der Waals surface area contributed by atoms with Gasteiger partial charge in [0.15, 0.2) is 0 Å². The van der Waals surface area contributed by atoms with Crippen molar-refractivity contribution in [2.45, 2.75) is 32.2 Å². The van der Waals surface area contributed by atoms with Crippen LogP contribution in [0, 0.1) is 6.92 Å². The van der Waals surface area contributed by atoms with Gasteiger partial charge in [-0.25, -0.2) is 13.1 Å². The lowest BCUT2D eigenvalue weighted by Crippen LogP contribution is -2.23. The highest BCUT2D eigenvalue weighted by Gasteiger charge is 2.17. The van der Waals surface area contributed by atoms with E-state index in [4.69, 9.17) is 4.74 Å². The van der Waals surface area contributed by atoms with Crippen molar-refractivity contribution in [3.63, 3.8) is 0 Å². The zero-order valence-electron chi connectivity index (χ0n) is 14.5. The molecule has 0 atom stereocenters. The van der Waals surface area contributed by atoms with Crippen molar-refractivity contribution in [3.8, 4) is 5.75 Å². The van der Waals surface area contributed by atoms with Crippen LogP contribution in [-0.4, -0.2) is 20.9 Å². The molecule has 2 N–H and O–H groups in total. The number of rotatable bonds is 7. The summed E-state index contributed by atoms with van der Waals surface area (Å²) in [6.45, 7) is 5.73. The molecule has 0 aliphatic carbocycles. The van der Waals surface area contributed by atoms with Gasteiger partial charge in [0.2, 0.25) is 15.9 Å². The van der Waals surface area contributed by atoms with E-state index in [2.05, 4.69) is 10.0 Å². The lowest BCUT2D eigenvalue weighted by Gasteiger charge is -2.13. The lowest BCUT2D eigenvalue weighted by atomic mass is 10.2. The van der Waals surface area contributed by atoms with Crippen molar-refractivity contribution in [1.29, 1.82) is 0 Å². The molecule has 25 heavy (non-hydrogen) atoms. The van der Waals surface area contributed by atoms with Gasteiger partial charge in [0.1, 0.15) is 5.75 Å². The summed E-state index contributed by atoms with van der Waals surface area (Å²) in [5, 5.41) is 2.59. The van der Waals surface area contributed by atoms with E-state index in [0.717, 1.165) is 11.1 Å². The number of amides is 1. The summed E-state index contributed by atoms with van der Waals surface area (Å²) in [6, 6.07) is 12.0. The highest BCUT2D eigenvalue weighted by molar-refractivity contribution is 7.89. The molecule has 0 aliphatic heterocycles. The molecule has 0 saturated heterocycles. The predicted molar refractivity (Wildman–Crippen MR) is 97.1 cm³/mol. The van der Waals surface area contributed by atoms with Crippen LogP contribution in [-0.2, 0) is 21.4 Å². The number of carbonyl (C=O) groups is 1. The van der Waals surface area contributed by atoms with Gasteiger partial charge < -0.3 is 10.1 Å². The normalized spacial score (nSPS) is 11.2. The largest absolute Gasteiger partial charge is 0.492 e. The summed E-state index contributed by atoms with van der Waals surface area (Å²) in [7, 11) is -3.72. The summed E-state index contributed by atoms with van der Waals surface area (Å²) >= 11 is 0. The number of carbonyl (C=O) groups excluding carboxylic acids is 1.